The number of rotatable bonds is 3. The second kappa shape index (κ2) is 5.18. The third-order valence-electron chi connectivity index (χ3n) is 1.91. The monoisotopic (exact) mass is 287 g/mol. The van der Waals surface area contributed by atoms with E-state index in [1.807, 2.05) is 0 Å². The summed E-state index contributed by atoms with van der Waals surface area (Å²) >= 11 is 11.2. The number of amides is 1. The summed E-state index contributed by atoms with van der Waals surface area (Å²) in [5.74, 6) is -0.788. The molecule has 0 saturated heterocycles. The Morgan fingerprint density at radius 1 is 1.53 bits per heavy atom. The van der Waals surface area contributed by atoms with Crippen LogP contribution < -0.4 is 11.1 Å². The van der Waals surface area contributed by atoms with Crippen LogP contribution in [0.25, 0.3) is 0 Å². The topological polar surface area (TPSA) is 55.1 Å². The van der Waals surface area contributed by atoms with E-state index in [-0.39, 0.29) is 10.7 Å². The summed E-state index contributed by atoms with van der Waals surface area (Å²) in [6.45, 7) is -0.433. The molecule has 0 saturated carbocycles. The number of carbonyl (C=O) groups excluding carboxylic acids is 1. The van der Waals surface area contributed by atoms with Gasteiger partial charge >= 0.3 is 6.18 Å². The van der Waals surface area contributed by atoms with Crippen LogP contribution in [-0.2, 0) is 4.79 Å². The first-order chi connectivity index (χ1) is 7.71. The molecule has 1 rings (SSSR count). The largest absolute Gasteiger partial charge is 0.418 e. The molecule has 8 heteroatoms. The molecule has 0 fully saturated rings. The highest BCUT2D eigenvalue weighted by Gasteiger charge is 2.39. The van der Waals surface area contributed by atoms with Crippen molar-refractivity contribution in [3.05, 3.63) is 28.8 Å². The van der Waals surface area contributed by atoms with E-state index >= 15 is 0 Å². The molecule has 1 amide bonds. The lowest BCUT2D eigenvalue weighted by Crippen LogP contribution is -2.35. The highest BCUT2D eigenvalue weighted by Crippen LogP contribution is 2.37. The van der Waals surface area contributed by atoms with Gasteiger partial charge in [-0.15, -0.1) is 11.6 Å². The van der Waals surface area contributed by atoms with Crippen LogP contribution in [0.5, 0.6) is 0 Å². The highest BCUT2D eigenvalue weighted by molar-refractivity contribution is 6.33. The average molecular weight is 288 g/mol. The van der Waals surface area contributed by atoms with Crippen molar-refractivity contribution in [1.29, 1.82) is 0 Å². The SMILES string of the molecule is NC(=O)CNC1=C(C(F)(F)F)C=C(Cl)[CH]C1Cl. The van der Waals surface area contributed by atoms with Crippen LogP contribution in [0.2, 0.25) is 0 Å². The second-order valence-corrected chi connectivity index (χ2v) is 4.15. The van der Waals surface area contributed by atoms with E-state index in [2.05, 4.69) is 5.32 Å². The Hall–Kier alpha value is -0.880. The van der Waals surface area contributed by atoms with Gasteiger partial charge in [-0.05, 0) is 6.08 Å². The van der Waals surface area contributed by atoms with Crippen molar-refractivity contribution in [2.24, 2.45) is 5.73 Å². The molecule has 0 bridgehead atoms. The van der Waals surface area contributed by atoms with E-state index in [9.17, 15) is 18.0 Å². The summed E-state index contributed by atoms with van der Waals surface area (Å²) in [7, 11) is 0. The zero-order chi connectivity index (χ0) is 13.2. The number of carbonyl (C=O) groups is 1. The Bertz CT molecular complexity index is 390. The molecule has 1 radical (unpaired) electrons. The molecule has 0 aromatic rings. The van der Waals surface area contributed by atoms with Gasteiger partial charge < -0.3 is 11.1 Å². The molecule has 95 valence electrons. The molecule has 1 atom stereocenters. The fourth-order valence-corrected chi connectivity index (χ4v) is 1.88. The Labute approximate surface area is 105 Å². The predicted molar refractivity (Wildman–Crippen MR) is 58.2 cm³/mol. The van der Waals surface area contributed by atoms with E-state index in [1.165, 1.54) is 6.42 Å². The van der Waals surface area contributed by atoms with Gasteiger partial charge in [0.2, 0.25) is 5.91 Å². The maximum absolute atomic E-state index is 12.7. The van der Waals surface area contributed by atoms with Crippen molar-refractivity contribution >= 4 is 29.1 Å². The van der Waals surface area contributed by atoms with Gasteiger partial charge in [0.05, 0.1) is 17.5 Å². The van der Waals surface area contributed by atoms with Crippen LogP contribution in [-0.4, -0.2) is 24.0 Å². The lowest BCUT2D eigenvalue weighted by Gasteiger charge is -2.24. The summed E-state index contributed by atoms with van der Waals surface area (Å²) < 4.78 is 38.0. The van der Waals surface area contributed by atoms with Gasteiger partial charge in [-0.3, -0.25) is 4.79 Å². The molecule has 0 aliphatic heterocycles. The minimum absolute atomic E-state index is 0.109. The van der Waals surface area contributed by atoms with Crippen molar-refractivity contribution < 1.29 is 18.0 Å². The molecular weight excluding hydrogens is 280 g/mol. The van der Waals surface area contributed by atoms with Crippen LogP contribution in [0.15, 0.2) is 22.4 Å². The molecule has 0 aromatic carbocycles. The lowest BCUT2D eigenvalue weighted by atomic mass is 10.0. The molecule has 1 aliphatic carbocycles. The maximum Gasteiger partial charge on any atom is 0.418 e. The number of nitrogens with one attached hydrogen (secondary N) is 1. The van der Waals surface area contributed by atoms with Gasteiger partial charge in [0.1, 0.15) is 0 Å². The van der Waals surface area contributed by atoms with Gasteiger partial charge in [-0.2, -0.15) is 13.2 Å². The van der Waals surface area contributed by atoms with Crippen molar-refractivity contribution in [2.45, 2.75) is 11.6 Å². The second-order valence-electron chi connectivity index (χ2n) is 3.24. The third kappa shape index (κ3) is 3.81. The van der Waals surface area contributed by atoms with Gasteiger partial charge in [0.25, 0.3) is 0 Å². The van der Waals surface area contributed by atoms with Crippen LogP contribution >= 0.6 is 23.2 Å². The highest BCUT2D eigenvalue weighted by atomic mass is 35.5. The van der Waals surface area contributed by atoms with Crippen LogP contribution in [0.4, 0.5) is 13.2 Å². The van der Waals surface area contributed by atoms with Crippen LogP contribution in [0, 0.1) is 6.42 Å². The van der Waals surface area contributed by atoms with Crippen LogP contribution in [0.3, 0.4) is 0 Å². The normalized spacial score (nSPS) is 21.2. The molecule has 1 aliphatic rings. The molecule has 1 unspecified atom stereocenters. The maximum atomic E-state index is 12.7. The summed E-state index contributed by atoms with van der Waals surface area (Å²) in [4.78, 5) is 10.5. The van der Waals surface area contributed by atoms with E-state index < -0.39 is 29.6 Å². The van der Waals surface area contributed by atoms with Crippen molar-refractivity contribution in [3.63, 3.8) is 0 Å². The summed E-state index contributed by atoms with van der Waals surface area (Å²) in [6.07, 6.45) is -2.65. The molecule has 17 heavy (non-hydrogen) atoms. The van der Waals surface area contributed by atoms with Crippen molar-refractivity contribution in [2.75, 3.05) is 6.54 Å². The first-order valence-electron chi connectivity index (χ1n) is 4.41. The van der Waals surface area contributed by atoms with Crippen molar-refractivity contribution in [1.82, 2.24) is 5.32 Å². The Morgan fingerprint density at radius 2 is 2.12 bits per heavy atom. The van der Waals surface area contributed by atoms with Gasteiger partial charge in [0.15, 0.2) is 0 Å². The van der Waals surface area contributed by atoms with Crippen LogP contribution in [0.1, 0.15) is 0 Å². The third-order valence-corrected chi connectivity index (χ3v) is 2.49. The first-order valence-corrected chi connectivity index (χ1v) is 5.23. The van der Waals surface area contributed by atoms with E-state index in [1.54, 1.807) is 0 Å². The zero-order valence-electron chi connectivity index (χ0n) is 8.31. The van der Waals surface area contributed by atoms with E-state index in [4.69, 9.17) is 28.9 Å². The average Bonchev–Trinajstić information content (AvgIpc) is 2.13. The number of nitrogens with two attached hydrogens (primary N) is 1. The summed E-state index contributed by atoms with van der Waals surface area (Å²) in [5, 5.41) is 1.08. The van der Waals surface area contributed by atoms with Gasteiger partial charge in [-0.25, -0.2) is 0 Å². The number of alkyl halides is 4. The fraction of sp³-hybridized carbons (Fsp3) is 0.333. The molecule has 0 spiro atoms. The molecule has 3 N–H and O–H groups in total. The van der Waals surface area contributed by atoms with E-state index in [0.29, 0.717) is 0 Å². The van der Waals surface area contributed by atoms with Gasteiger partial charge in [-0.1, -0.05) is 11.6 Å². The number of halogens is 5. The predicted octanol–water partition coefficient (Wildman–Crippen LogP) is 1.83. The fourth-order valence-electron chi connectivity index (χ4n) is 1.25. The number of allylic oxidation sites excluding steroid dienone is 4. The summed E-state index contributed by atoms with van der Waals surface area (Å²) in [5.41, 5.74) is 3.50. The Kier molecular flexibility index (Phi) is 4.32. The number of hydrogen-bond acceptors (Lipinski definition) is 2. The zero-order valence-corrected chi connectivity index (χ0v) is 9.83. The van der Waals surface area contributed by atoms with Gasteiger partial charge in [0, 0.05) is 17.2 Å². The molecule has 3 nitrogen and oxygen atoms in total. The quantitative estimate of drug-likeness (QED) is 0.778. The number of hydrogen-bond donors (Lipinski definition) is 2. The Balaban J connectivity index is 3.07. The molecule has 0 heterocycles. The number of primary amides is 1. The molecular formula is C9H8Cl2F3N2O. The molecule has 0 aromatic heterocycles. The summed E-state index contributed by atoms with van der Waals surface area (Å²) in [6, 6.07) is 0. The standard InChI is InChI=1S/C9H8Cl2F3N2O/c10-4-1-5(9(12,13)14)8(6(11)2-4)16-3-7(15)17/h1-2,6,16H,3H2,(H2,15,17). The minimum Gasteiger partial charge on any atom is -0.378 e. The smallest absolute Gasteiger partial charge is 0.378 e. The lowest BCUT2D eigenvalue weighted by molar-refractivity contribution is -0.117. The first kappa shape index (κ1) is 14.2. The van der Waals surface area contributed by atoms with Crippen molar-refractivity contribution in [3.8, 4) is 0 Å². The van der Waals surface area contributed by atoms with E-state index in [0.717, 1.165) is 6.08 Å². The minimum atomic E-state index is -4.61. The Morgan fingerprint density at radius 3 is 2.59 bits per heavy atom.